The molecule has 0 radical (unpaired) electrons. The summed E-state index contributed by atoms with van der Waals surface area (Å²) < 4.78 is 0. The van der Waals surface area contributed by atoms with Crippen LogP contribution in [-0.2, 0) is 0 Å². The average Bonchev–Trinajstić information content (AvgIpc) is 2.49. The molecule has 0 aliphatic heterocycles. The first-order valence-corrected chi connectivity index (χ1v) is 5.71. The molecule has 0 saturated heterocycles. The lowest BCUT2D eigenvalue weighted by Crippen LogP contribution is -1.88. The van der Waals surface area contributed by atoms with Gasteiger partial charge in [-0.1, -0.05) is 36.4 Å². The maximum absolute atomic E-state index is 4.42. The van der Waals surface area contributed by atoms with Gasteiger partial charge in [0.15, 0.2) is 0 Å². The number of nitrogens with zero attached hydrogens (tertiary/aromatic N) is 3. The molecule has 3 heteroatoms. The molecular formula is C15H11N3. The van der Waals surface area contributed by atoms with Gasteiger partial charge < -0.3 is 0 Å². The molecule has 2 heterocycles. The van der Waals surface area contributed by atoms with Crippen molar-refractivity contribution in [2.45, 2.75) is 0 Å². The van der Waals surface area contributed by atoms with E-state index >= 15 is 0 Å². The first-order valence-electron chi connectivity index (χ1n) is 5.71. The van der Waals surface area contributed by atoms with Crippen molar-refractivity contribution in [3.63, 3.8) is 0 Å². The standard InChI is InChI=1S/C15H11N3/c1-2-4-12(5-3-1)13-6-7-14(18-10-13)15-11-16-8-9-17-15/h1-11H. The van der Waals surface area contributed by atoms with E-state index in [0.29, 0.717) is 0 Å². The van der Waals surface area contributed by atoms with E-state index in [9.17, 15) is 0 Å². The summed E-state index contributed by atoms with van der Waals surface area (Å²) in [5.41, 5.74) is 3.89. The second kappa shape index (κ2) is 4.75. The SMILES string of the molecule is c1ccc(-c2ccc(-c3cnccn3)nc2)cc1. The summed E-state index contributed by atoms with van der Waals surface area (Å²) in [6.07, 6.45) is 6.90. The Hall–Kier alpha value is -2.55. The molecule has 0 aliphatic rings. The molecule has 0 saturated carbocycles. The van der Waals surface area contributed by atoms with Crippen molar-refractivity contribution in [2.75, 3.05) is 0 Å². The summed E-state index contributed by atoms with van der Waals surface area (Å²) in [6.45, 7) is 0. The van der Waals surface area contributed by atoms with Crippen molar-refractivity contribution in [1.82, 2.24) is 15.0 Å². The van der Waals surface area contributed by atoms with Crippen molar-refractivity contribution < 1.29 is 0 Å². The number of aromatic nitrogens is 3. The highest BCUT2D eigenvalue weighted by Crippen LogP contribution is 2.20. The van der Waals surface area contributed by atoms with Gasteiger partial charge >= 0.3 is 0 Å². The van der Waals surface area contributed by atoms with Crippen molar-refractivity contribution in [2.24, 2.45) is 0 Å². The summed E-state index contributed by atoms with van der Waals surface area (Å²) in [7, 11) is 0. The van der Waals surface area contributed by atoms with Gasteiger partial charge in [0.05, 0.1) is 11.9 Å². The highest BCUT2D eigenvalue weighted by atomic mass is 14.8. The Morgan fingerprint density at radius 1 is 0.611 bits per heavy atom. The van der Waals surface area contributed by atoms with E-state index < -0.39 is 0 Å². The number of rotatable bonds is 2. The number of benzene rings is 1. The lowest BCUT2D eigenvalue weighted by Gasteiger charge is -2.02. The second-order valence-corrected chi connectivity index (χ2v) is 3.89. The van der Waals surface area contributed by atoms with Crippen LogP contribution in [0.2, 0.25) is 0 Å². The summed E-state index contributed by atoms with van der Waals surface area (Å²) >= 11 is 0. The largest absolute Gasteiger partial charge is 0.261 e. The average molecular weight is 233 g/mol. The molecule has 0 fully saturated rings. The monoisotopic (exact) mass is 233 g/mol. The molecule has 3 aromatic rings. The molecular weight excluding hydrogens is 222 g/mol. The third kappa shape index (κ3) is 2.11. The fourth-order valence-corrected chi connectivity index (χ4v) is 1.78. The zero-order chi connectivity index (χ0) is 12.2. The molecule has 86 valence electrons. The van der Waals surface area contributed by atoms with Gasteiger partial charge in [-0.2, -0.15) is 0 Å². The van der Waals surface area contributed by atoms with E-state index in [1.807, 2.05) is 36.5 Å². The Morgan fingerprint density at radius 3 is 2.17 bits per heavy atom. The quantitative estimate of drug-likeness (QED) is 0.682. The molecule has 0 amide bonds. The first-order chi connectivity index (χ1) is 8.93. The van der Waals surface area contributed by atoms with Crippen LogP contribution in [0.5, 0.6) is 0 Å². The van der Waals surface area contributed by atoms with Crippen molar-refractivity contribution in [3.8, 4) is 22.5 Å². The van der Waals surface area contributed by atoms with Gasteiger partial charge in [-0.3, -0.25) is 15.0 Å². The molecule has 0 unspecified atom stereocenters. The minimum absolute atomic E-state index is 0.789. The molecule has 0 spiro atoms. The molecule has 3 nitrogen and oxygen atoms in total. The summed E-state index contributed by atoms with van der Waals surface area (Å²) in [5, 5.41) is 0. The van der Waals surface area contributed by atoms with Crippen LogP contribution in [0.3, 0.4) is 0 Å². The van der Waals surface area contributed by atoms with Crippen LogP contribution >= 0.6 is 0 Å². The Labute approximate surface area is 105 Å². The van der Waals surface area contributed by atoms with Gasteiger partial charge in [0.25, 0.3) is 0 Å². The molecule has 2 aromatic heterocycles. The predicted octanol–water partition coefficient (Wildman–Crippen LogP) is 3.21. The van der Waals surface area contributed by atoms with Crippen LogP contribution in [0.15, 0.2) is 67.3 Å². The van der Waals surface area contributed by atoms with E-state index in [-0.39, 0.29) is 0 Å². The molecule has 0 N–H and O–H groups in total. The number of hydrogen-bond acceptors (Lipinski definition) is 3. The molecule has 0 bridgehead atoms. The zero-order valence-electron chi connectivity index (χ0n) is 9.69. The summed E-state index contributed by atoms with van der Waals surface area (Å²) in [6, 6.07) is 14.2. The highest BCUT2D eigenvalue weighted by molar-refractivity contribution is 5.65. The fourth-order valence-electron chi connectivity index (χ4n) is 1.78. The maximum atomic E-state index is 4.42. The number of pyridine rings is 1. The fraction of sp³-hybridized carbons (Fsp3) is 0. The molecule has 18 heavy (non-hydrogen) atoms. The molecule has 0 atom stereocenters. The predicted molar refractivity (Wildman–Crippen MR) is 70.7 cm³/mol. The van der Waals surface area contributed by atoms with Crippen LogP contribution in [0.25, 0.3) is 22.5 Å². The Morgan fingerprint density at radius 2 is 1.50 bits per heavy atom. The normalized spacial score (nSPS) is 10.2. The lowest BCUT2D eigenvalue weighted by molar-refractivity contribution is 1.18. The van der Waals surface area contributed by atoms with Gasteiger partial charge in [0, 0.05) is 24.2 Å². The van der Waals surface area contributed by atoms with Gasteiger partial charge in [-0.05, 0) is 11.6 Å². The van der Waals surface area contributed by atoms with Gasteiger partial charge in [-0.15, -0.1) is 0 Å². The maximum Gasteiger partial charge on any atom is 0.107 e. The Bertz CT molecular complexity index is 560. The van der Waals surface area contributed by atoms with Crippen LogP contribution < -0.4 is 0 Å². The van der Waals surface area contributed by atoms with Gasteiger partial charge in [-0.25, -0.2) is 0 Å². The Kier molecular flexibility index (Phi) is 2.80. The van der Waals surface area contributed by atoms with Gasteiger partial charge in [0.1, 0.15) is 5.69 Å². The summed E-state index contributed by atoms with van der Waals surface area (Å²) in [4.78, 5) is 12.7. The minimum Gasteiger partial charge on any atom is -0.261 e. The van der Waals surface area contributed by atoms with Crippen molar-refractivity contribution >= 4 is 0 Å². The van der Waals surface area contributed by atoms with Gasteiger partial charge in [0.2, 0.25) is 0 Å². The molecule has 3 rings (SSSR count). The van der Waals surface area contributed by atoms with E-state index in [0.717, 1.165) is 22.5 Å². The van der Waals surface area contributed by atoms with Crippen molar-refractivity contribution in [1.29, 1.82) is 0 Å². The van der Waals surface area contributed by atoms with Crippen LogP contribution in [0.1, 0.15) is 0 Å². The second-order valence-electron chi connectivity index (χ2n) is 3.89. The van der Waals surface area contributed by atoms with Crippen LogP contribution in [0.4, 0.5) is 0 Å². The van der Waals surface area contributed by atoms with Crippen LogP contribution in [0, 0.1) is 0 Å². The minimum atomic E-state index is 0.789. The highest BCUT2D eigenvalue weighted by Gasteiger charge is 2.01. The molecule has 0 aliphatic carbocycles. The van der Waals surface area contributed by atoms with E-state index in [1.54, 1.807) is 18.6 Å². The topological polar surface area (TPSA) is 38.7 Å². The third-order valence-electron chi connectivity index (χ3n) is 2.70. The van der Waals surface area contributed by atoms with E-state index in [1.165, 1.54) is 0 Å². The lowest BCUT2D eigenvalue weighted by atomic mass is 10.1. The third-order valence-corrected chi connectivity index (χ3v) is 2.70. The number of hydrogen-bond donors (Lipinski definition) is 0. The zero-order valence-corrected chi connectivity index (χ0v) is 9.69. The molecule has 1 aromatic carbocycles. The smallest absolute Gasteiger partial charge is 0.107 e. The van der Waals surface area contributed by atoms with Crippen LogP contribution in [-0.4, -0.2) is 15.0 Å². The van der Waals surface area contributed by atoms with E-state index in [4.69, 9.17) is 0 Å². The van der Waals surface area contributed by atoms with Crippen molar-refractivity contribution in [3.05, 3.63) is 67.3 Å². The Balaban J connectivity index is 1.95. The first kappa shape index (κ1) is 10.6. The van der Waals surface area contributed by atoms with E-state index in [2.05, 4.69) is 27.1 Å². The summed E-state index contributed by atoms with van der Waals surface area (Å²) in [5.74, 6) is 0.